The summed E-state index contributed by atoms with van der Waals surface area (Å²) in [6, 6.07) is 0. The number of carboxylic acids is 1. The second-order valence-electron chi connectivity index (χ2n) is 3.54. The minimum atomic E-state index is -1.10. The summed E-state index contributed by atoms with van der Waals surface area (Å²) in [5, 5.41) is 8.79. The number of carbonyl (C=O) groups is 2. The van der Waals surface area contributed by atoms with Crippen LogP contribution < -0.4 is 0 Å². The Bertz CT molecular complexity index is 200. The topological polar surface area (TPSA) is 63.6 Å². The summed E-state index contributed by atoms with van der Waals surface area (Å²) in [7, 11) is 1.21. The first kappa shape index (κ1) is 12.9. The van der Waals surface area contributed by atoms with Crippen molar-refractivity contribution in [2.24, 2.45) is 11.8 Å². The van der Waals surface area contributed by atoms with Crippen LogP contribution in [0.15, 0.2) is 0 Å². The van der Waals surface area contributed by atoms with Crippen LogP contribution in [0.25, 0.3) is 0 Å². The van der Waals surface area contributed by atoms with Crippen LogP contribution in [0.1, 0.15) is 33.1 Å². The Hall–Kier alpha value is -1.06. The van der Waals surface area contributed by atoms with E-state index in [9.17, 15) is 9.59 Å². The normalized spacial score (nSPS) is 14.5. The van der Waals surface area contributed by atoms with Gasteiger partial charge in [0.2, 0.25) is 0 Å². The van der Waals surface area contributed by atoms with Gasteiger partial charge in [0, 0.05) is 0 Å². The number of ether oxygens (including phenoxy) is 1. The second kappa shape index (κ2) is 6.40. The van der Waals surface area contributed by atoms with Gasteiger partial charge in [0.1, 0.15) is 0 Å². The van der Waals surface area contributed by atoms with Crippen LogP contribution in [0.2, 0.25) is 0 Å². The van der Waals surface area contributed by atoms with Crippen LogP contribution in [0.5, 0.6) is 0 Å². The number of methoxy groups -OCH3 is 1. The monoisotopic (exact) mass is 202 g/mol. The largest absolute Gasteiger partial charge is 0.481 e. The molecule has 0 amide bonds. The molecule has 0 fully saturated rings. The molecule has 0 spiro atoms. The molecular formula is C10H18O4. The fourth-order valence-electron chi connectivity index (χ4n) is 1.45. The summed E-state index contributed by atoms with van der Waals surface area (Å²) in [5.41, 5.74) is 0. The Labute approximate surface area is 84.3 Å². The molecule has 14 heavy (non-hydrogen) atoms. The summed E-state index contributed by atoms with van der Waals surface area (Å²) >= 11 is 0. The summed E-state index contributed by atoms with van der Waals surface area (Å²) in [5.74, 6) is -2.53. The average molecular weight is 202 g/mol. The molecule has 0 aliphatic heterocycles. The van der Waals surface area contributed by atoms with Crippen molar-refractivity contribution < 1.29 is 19.4 Å². The van der Waals surface area contributed by atoms with Crippen molar-refractivity contribution in [1.82, 2.24) is 0 Å². The number of carbonyl (C=O) groups excluding carboxylic acids is 1. The van der Waals surface area contributed by atoms with Gasteiger partial charge in [-0.2, -0.15) is 0 Å². The summed E-state index contributed by atoms with van der Waals surface area (Å²) in [4.78, 5) is 21.8. The molecule has 1 N–H and O–H groups in total. The van der Waals surface area contributed by atoms with Gasteiger partial charge in [-0.05, 0) is 12.3 Å². The van der Waals surface area contributed by atoms with Crippen molar-refractivity contribution in [2.75, 3.05) is 7.11 Å². The number of esters is 1. The van der Waals surface area contributed by atoms with Gasteiger partial charge in [0.25, 0.3) is 0 Å². The predicted octanol–water partition coefficient (Wildman–Crippen LogP) is 1.69. The highest BCUT2D eigenvalue weighted by molar-refractivity contribution is 5.93. The van der Waals surface area contributed by atoms with E-state index in [-0.39, 0.29) is 5.92 Å². The summed E-state index contributed by atoms with van der Waals surface area (Å²) in [6.45, 7) is 3.98. The molecule has 4 nitrogen and oxygen atoms in total. The molecule has 2 atom stereocenters. The maximum absolute atomic E-state index is 11.1. The van der Waals surface area contributed by atoms with Gasteiger partial charge < -0.3 is 9.84 Å². The zero-order chi connectivity index (χ0) is 11.1. The van der Waals surface area contributed by atoms with E-state index in [0.29, 0.717) is 6.42 Å². The van der Waals surface area contributed by atoms with Crippen molar-refractivity contribution >= 4 is 11.9 Å². The van der Waals surface area contributed by atoms with E-state index in [4.69, 9.17) is 5.11 Å². The maximum Gasteiger partial charge on any atom is 0.320 e. The Morgan fingerprint density at radius 1 is 1.43 bits per heavy atom. The minimum Gasteiger partial charge on any atom is -0.481 e. The molecule has 0 aromatic rings. The SMILES string of the molecule is CCCC(C)CC(C(=O)O)C(=O)OC. The third-order valence-corrected chi connectivity index (χ3v) is 2.20. The van der Waals surface area contributed by atoms with E-state index in [2.05, 4.69) is 4.74 Å². The number of carboxylic acid groups (broad SMARTS) is 1. The van der Waals surface area contributed by atoms with Crippen LogP contribution >= 0.6 is 0 Å². The predicted molar refractivity (Wildman–Crippen MR) is 51.8 cm³/mol. The Morgan fingerprint density at radius 3 is 2.36 bits per heavy atom. The third kappa shape index (κ3) is 4.25. The highest BCUT2D eigenvalue weighted by atomic mass is 16.5. The number of aliphatic carboxylic acids is 1. The van der Waals surface area contributed by atoms with Gasteiger partial charge in [-0.3, -0.25) is 9.59 Å². The lowest BCUT2D eigenvalue weighted by atomic mass is 9.93. The van der Waals surface area contributed by atoms with E-state index >= 15 is 0 Å². The van der Waals surface area contributed by atoms with Crippen molar-refractivity contribution in [3.63, 3.8) is 0 Å². The number of hydrogen-bond acceptors (Lipinski definition) is 3. The van der Waals surface area contributed by atoms with E-state index < -0.39 is 17.9 Å². The maximum atomic E-state index is 11.1. The lowest BCUT2D eigenvalue weighted by molar-refractivity contribution is -0.157. The molecule has 0 heterocycles. The molecule has 0 aliphatic rings. The fraction of sp³-hybridized carbons (Fsp3) is 0.800. The van der Waals surface area contributed by atoms with Crippen molar-refractivity contribution in [3.05, 3.63) is 0 Å². The highest BCUT2D eigenvalue weighted by Gasteiger charge is 2.28. The third-order valence-electron chi connectivity index (χ3n) is 2.20. The summed E-state index contributed by atoms with van der Waals surface area (Å²) in [6.07, 6.45) is 2.28. The molecular weight excluding hydrogens is 184 g/mol. The molecule has 2 unspecified atom stereocenters. The highest BCUT2D eigenvalue weighted by Crippen LogP contribution is 2.18. The molecule has 0 saturated carbocycles. The molecule has 0 aromatic heterocycles. The Kier molecular flexibility index (Phi) is 5.92. The minimum absolute atomic E-state index is 0.236. The number of hydrogen-bond donors (Lipinski definition) is 1. The van der Waals surface area contributed by atoms with Crippen LogP contribution in [-0.2, 0) is 14.3 Å². The van der Waals surface area contributed by atoms with Gasteiger partial charge >= 0.3 is 11.9 Å². The zero-order valence-corrected chi connectivity index (χ0v) is 8.95. The van der Waals surface area contributed by atoms with Gasteiger partial charge in [-0.25, -0.2) is 0 Å². The smallest absolute Gasteiger partial charge is 0.320 e. The molecule has 0 aliphatic carbocycles. The van der Waals surface area contributed by atoms with Crippen LogP contribution in [0.4, 0.5) is 0 Å². The van der Waals surface area contributed by atoms with Crippen molar-refractivity contribution in [2.45, 2.75) is 33.1 Å². The van der Waals surface area contributed by atoms with E-state index in [1.165, 1.54) is 7.11 Å². The van der Waals surface area contributed by atoms with Gasteiger partial charge in [0.05, 0.1) is 7.11 Å². The molecule has 0 bridgehead atoms. The molecule has 4 heteroatoms. The van der Waals surface area contributed by atoms with E-state index in [1.807, 2.05) is 13.8 Å². The van der Waals surface area contributed by atoms with Gasteiger partial charge in [-0.15, -0.1) is 0 Å². The van der Waals surface area contributed by atoms with Crippen LogP contribution in [0, 0.1) is 11.8 Å². The number of rotatable bonds is 6. The second-order valence-corrected chi connectivity index (χ2v) is 3.54. The molecule has 0 radical (unpaired) electrons. The van der Waals surface area contributed by atoms with E-state index in [0.717, 1.165) is 12.8 Å². The first-order valence-corrected chi connectivity index (χ1v) is 4.83. The summed E-state index contributed by atoms with van der Waals surface area (Å²) < 4.78 is 4.43. The Balaban J connectivity index is 4.23. The van der Waals surface area contributed by atoms with Gasteiger partial charge in [-0.1, -0.05) is 26.7 Å². The first-order chi connectivity index (χ1) is 6.52. The lowest BCUT2D eigenvalue weighted by Crippen LogP contribution is -2.26. The standard InChI is InChI=1S/C10H18O4/c1-4-5-7(2)6-8(9(11)12)10(13)14-3/h7-8H,4-6H2,1-3H3,(H,11,12). The average Bonchev–Trinajstić information content (AvgIpc) is 2.13. The molecule has 82 valence electrons. The first-order valence-electron chi connectivity index (χ1n) is 4.83. The Morgan fingerprint density at radius 2 is 2.00 bits per heavy atom. The molecule has 0 saturated heterocycles. The van der Waals surface area contributed by atoms with Crippen molar-refractivity contribution in [3.8, 4) is 0 Å². The zero-order valence-electron chi connectivity index (χ0n) is 8.95. The molecule has 0 rings (SSSR count). The van der Waals surface area contributed by atoms with E-state index in [1.54, 1.807) is 0 Å². The van der Waals surface area contributed by atoms with Gasteiger partial charge in [0.15, 0.2) is 5.92 Å². The molecule has 0 aromatic carbocycles. The quantitative estimate of drug-likeness (QED) is 0.526. The van der Waals surface area contributed by atoms with Crippen molar-refractivity contribution in [1.29, 1.82) is 0 Å². The lowest BCUT2D eigenvalue weighted by Gasteiger charge is -2.14. The van der Waals surface area contributed by atoms with Crippen LogP contribution in [-0.4, -0.2) is 24.2 Å². The van der Waals surface area contributed by atoms with Crippen LogP contribution in [0.3, 0.4) is 0 Å². The fourth-order valence-corrected chi connectivity index (χ4v) is 1.45.